The number of hydrogen-bond donors (Lipinski definition) is 0. The number of fused-ring (bicyclic) bond motifs is 5. The molecule has 0 saturated heterocycles. The lowest BCUT2D eigenvalue weighted by Crippen LogP contribution is -2.56. The summed E-state index contributed by atoms with van der Waals surface area (Å²) in [5.74, 6) is 0.881. The van der Waals surface area contributed by atoms with Crippen molar-refractivity contribution in [2.45, 2.75) is 85.4 Å². The Balaban J connectivity index is 1.66. The Kier molecular flexibility index (Phi) is 5.22. The zero-order chi connectivity index (χ0) is 21.8. The minimum atomic E-state index is -0.517. The first-order valence-electron chi connectivity index (χ1n) is 11.4. The van der Waals surface area contributed by atoms with E-state index in [1.807, 2.05) is 6.08 Å². The molecule has 0 aromatic rings. The van der Waals surface area contributed by atoms with Crippen molar-refractivity contribution in [3.05, 3.63) is 23.3 Å². The summed E-state index contributed by atoms with van der Waals surface area (Å²) >= 11 is 0. The molecule has 0 radical (unpaired) electrons. The third-order valence-corrected chi connectivity index (χ3v) is 8.76. The lowest BCUT2D eigenvalue weighted by Gasteiger charge is -2.60. The lowest BCUT2D eigenvalue weighted by atomic mass is 9.45. The van der Waals surface area contributed by atoms with E-state index in [4.69, 9.17) is 9.47 Å². The molecule has 4 aliphatic carbocycles. The number of carbonyl (C=O) groups excluding carboxylic acids is 3. The molecule has 7 atom stereocenters. The number of ether oxygens (including phenoxy) is 2. The van der Waals surface area contributed by atoms with E-state index in [2.05, 4.69) is 19.9 Å². The number of allylic oxidation sites excluding steroid dienone is 2. The van der Waals surface area contributed by atoms with Crippen LogP contribution in [0.5, 0.6) is 0 Å². The zero-order valence-corrected chi connectivity index (χ0v) is 18.8. The van der Waals surface area contributed by atoms with Crippen molar-refractivity contribution in [2.75, 3.05) is 0 Å². The highest BCUT2D eigenvalue weighted by atomic mass is 16.5. The van der Waals surface area contributed by atoms with Crippen LogP contribution in [0.4, 0.5) is 0 Å². The monoisotopic (exact) mass is 414 g/mol. The number of esters is 2. The highest BCUT2D eigenvalue weighted by Crippen LogP contribution is 2.65. The van der Waals surface area contributed by atoms with Gasteiger partial charge in [0.15, 0.2) is 5.78 Å². The summed E-state index contributed by atoms with van der Waals surface area (Å²) in [5, 5.41) is 0. The van der Waals surface area contributed by atoms with E-state index in [0.29, 0.717) is 17.8 Å². The zero-order valence-electron chi connectivity index (χ0n) is 18.8. The molecule has 0 aliphatic heterocycles. The molecule has 0 bridgehead atoms. The van der Waals surface area contributed by atoms with Crippen molar-refractivity contribution < 1.29 is 23.9 Å². The topological polar surface area (TPSA) is 69.7 Å². The number of hydrogen-bond acceptors (Lipinski definition) is 5. The van der Waals surface area contributed by atoms with Crippen LogP contribution in [0.25, 0.3) is 0 Å². The van der Waals surface area contributed by atoms with E-state index >= 15 is 0 Å². The van der Waals surface area contributed by atoms with E-state index in [9.17, 15) is 14.4 Å². The Morgan fingerprint density at radius 1 is 0.933 bits per heavy atom. The van der Waals surface area contributed by atoms with Gasteiger partial charge in [-0.3, -0.25) is 14.4 Å². The third-order valence-electron chi connectivity index (χ3n) is 8.76. The van der Waals surface area contributed by atoms with Gasteiger partial charge in [0.1, 0.15) is 12.2 Å². The maximum absolute atomic E-state index is 12.4. The Morgan fingerprint density at radius 3 is 2.27 bits per heavy atom. The quantitative estimate of drug-likeness (QED) is 0.634. The van der Waals surface area contributed by atoms with Crippen LogP contribution in [-0.4, -0.2) is 29.9 Å². The normalized spacial score (nSPS) is 42.1. The van der Waals surface area contributed by atoms with Crippen LogP contribution < -0.4 is 0 Å². The molecule has 3 saturated carbocycles. The van der Waals surface area contributed by atoms with Gasteiger partial charge in [0.25, 0.3) is 0 Å². The molecule has 0 heterocycles. The Labute approximate surface area is 179 Å². The van der Waals surface area contributed by atoms with E-state index in [1.54, 1.807) is 6.92 Å². The van der Waals surface area contributed by atoms with Gasteiger partial charge in [-0.15, -0.1) is 0 Å². The van der Waals surface area contributed by atoms with Gasteiger partial charge in [-0.1, -0.05) is 24.6 Å². The molecule has 4 rings (SSSR count). The Morgan fingerprint density at radius 2 is 1.63 bits per heavy atom. The van der Waals surface area contributed by atoms with Gasteiger partial charge in [0.05, 0.1) is 5.41 Å². The molecule has 0 N–H and O–H groups in total. The molecule has 4 aliphatic rings. The second-order valence-electron chi connectivity index (χ2n) is 10.3. The second kappa shape index (κ2) is 7.35. The van der Waals surface area contributed by atoms with E-state index in [1.165, 1.54) is 19.4 Å². The summed E-state index contributed by atoms with van der Waals surface area (Å²) in [6.45, 7) is 9.04. The summed E-state index contributed by atoms with van der Waals surface area (Å²) < 4.78 is 11.4. The predicted octanol–water partition coefficient (Wildman–Crippen LogP) is 4.55. The minimum absolute atomic E-state index is 0.0203. The van der Waals surface area contributed by atoms with Gasteiger partial charge in [0, 0.05) is 19.4 Å². The largest absolute Gasteiger partial charge is 0.463 e. The van der Waals surface area contributed by atoms with Crippen LogP contribution in [0.2, 0.25) is 0 Å². The maximum Gasteiger partial charge on any atom is 0.302 e. The van der Waals surface area contributed by atoms with Crippen LogP contribution >= 0.6 is 0 Å². The maximum atomic E-state index is 12.4. The van der Waals surface area contributed by atoms with Gasteiger partial charge in [-0.25, -0.2) is 0 Å². The van der Waals surface area contributed by atoms with Crippen LogP contribution in [-0.2, 0) is 23.9 Å². The molecule has 5 heteroatoms. The van der Waals surface area contributed by atoms with Crippen molar-refractivity contribution in [1.29, 1.82) is 0 Å². The van der Waals surface area contributed by atoms with E-state index < -0.39 is 5.41 Å². The SMILES string of the molecule is CC(=O)O[C@H]1CC[C@@]2(C)[C@@H](CC[C@H]3C4=CC=C(C(C)=O)[C@@]4(C)[C@H](OC(C)=O)C[C@@H]32)C1. The molecule has 0 spiro atoms. The van der Waals surface area contributed by atoms with Crippen LogP contribution in [0.1, 0.15) is 73.1 Å². The standard InChI is InChI=1S/C25H34O5/c1-14(26)20-8-9-21-19-7-6-17-12-18(29-15(2)27)10-11-24(17,4)22(19)13-23(25(20,21)5)30-16(3)28/h8-9,17-19,22-23H,6-7,10-13H2,1-5H3/t17-,18-,19-,22-,23+,24-,25+/m0/s1. The molecule has 0 amide bonds. The van der Waals surface area contributed by atoms with Crippen molar-refractivity contribution in [2.24, 2.45) is 28.6 Å². The summed E-state index contributed by atoms with van der Waals surface area (Å²) in [6.07, 6.45) is 9.59. The summed E-state index contributed by atoms with van der Waals surface area (Å²) in [6, 6.07) is 0. The minimum Gasteiger partial charge on any atom is -0.463 e. The molecule has 0 aromatic carbocycles. The first-order valence-corrected chi connectivity index (χ1v) is 11.4. The van der Waals surface area contributed by atoms with Crippen molar-refractivity contribution in [3.8, 4) is 0 Å². The first kappa shape index (κ1) is 21.3. The summed E-state index contributed by atoms with van der Waals surface area (Å²) in [5.41, 5.74) is 1.65. The highest BCUT2D eigenvalue weighted by molar-refractivity contribution is 5.97. The number of ketones is 1. The van der Waals surface area contributed by atoms with Crippen molar-refractivity contribution in [1.82, 2.24) is 0 Å². The molecule has 164 valence electrons. The van der Waals surface area contributed by atoms with Crippen LogP contribution in [0, 0.1) is 28.6 Å². The highest BCUT2D eigenvalue weighted by Gasteiger charge is 2.61. The fourth-order valence-corrected chi connectivity index (χ4v) is 7.36. The molecule has 30 heavy (non-hydrogen) atoms. The average molecular weight is 415 g/mol. The van der Waals surface area contributed by atoms with Gasteiger partial charge in [0.2, 0.25) is 0 Å². The Bertz CT molecular complexity index is 838. The van der Waals surface area contributed by atoms with Gasteiger partial charge in [-0.05, 0) is 75.5 Å². The summed E-state index contributed by atoms with van der Waals surface area (Å²) in [4.78, 5) is 35.9. The average Bonchev–Trinajstić information content (AvgIpc) is 3.01. The second-order valence-corrected chi connectivity index (χ2v) is 10.3. The third kappa shape index (κ3) is 3.16. The van der Waals surface area contributed by atoms with Gasteiger partial charge in [-0.2, -0.15) is 0 Å². The van der Waals surface area contributed by atoms with E-state index in [0.717, 1.165) is 44.1 Å². The summed E-state index contributed by atoms with van der Waals surface area (Å²) in [7, 11) is 0. The molecular weight excluding hydrogens is 380 g/mol. The molecule has 0 aromatic heterocycles. The molecular formula is C25H34O5. The van der Waals surface area contributed by atoms with Crippen molar-refractivity contribution >= 4 is 17.7 Å². The van der Waals surface area contributed by atoms with Crippen LogP contribution in [0.15, 0.2) is 23.3 Å². The predicted molar refractivity (Wildman–Crippen MR) is 112 cm³/mol. The lowest BCUT2D eigenvalue weighted by molar-refractivity contribution is -0.165. The number of rotatable bonds is 3. The van der Waals surface area contributed by atoms with E-state index in [-0.39, 0.29) is 35.3 Å². The number of Topliss-reactive ketones (excluding diaryl/α,β-unsaturated/α-hetero) is 1. The first-order chi connectivity index (χ1) is 14.1. The molecule has 0 unspecified atom stereocenters. The number of carbonyl (C=O) groups is 3. The van der Waals surface area contributed by atoms with Crippen molar-refractivity contribution in [3.63, 3.8) is 0 Å². The molecule has 5 nitrogen and oxygen atoms in total. The van der Waals surface area contributed by atoms with Gasteiger partial charge >= 0.3 is 11.9 Å². The Hall–Kier alpha value is -1.91. The van der Waals surface area contributed by atoms with Crippen LogP contribution in [0.3, 0.4) is 0 Å². The van der Waals surface area contributed by atoms with Gasteiger partial charge < -0.3 is 9.47 Å². The fourth-order valence-electron chi connectivity index (χ4n) is 7.36. The smallest absolute Gasteiger partial charge is 0.302 e. The fraction of sp³-hybridized carbons (Fsp3) is 0.720. The molecule has 3 fully saturated rings.